The van der Waals surface area contributed by atoms with Crippen LogP contribution in [0, 0.1) is 0 Å². The first-order chi connectivity index (χ1) is 12.3. The van der Waals surface area contributed by atoms with Crippen molar-refractivity contribution in [1.29, 1.82) is 0 Å². The molecule has 0 aliphatic carbocycles. The van der Waals surface area contributed by atoms with Gasteiger partial charge in [0.25, 0.3) is 0 Å². The molecule has 1 heterocycles. The summed E-state index contributed by atoms with van der Waals surface area (Å²) in [7, 11) is 2.15. The molecule has 0 aromatic heterocycles. The maximum Gasteiger partial charge on any atom is 0.143 e. The Morgan fingerprint density at radius 2 is 1.56 bits per heavy atom. The van der Waals surface area contributed by atoms with Crippen LogP contribution in [-0.2, 0) is 0 Å². The molecule has 1 aromatic rings. The Bertz CT molecular complexity index is 523. The number of unbranched alkanes of at least 4 members (excludes halogenated alkanes) is 7. The Morgan fingerprint density at radius 3 is 2.32 bits per heavy atom. The van der Waals surface area contributed by atoms with Crippen molar-refractivity contribution >= 4 is 5.69 Å². The van der Waals surface area contributed by atoms with Gasteiger partial charge in [-0.05, 0) is 43.4 Å². The largest absolute Gasteiger partial charge is 0.484 e. The minimum absolute atomic E-state index is 0.245. The second-order valence-corrected chi connectivity index (χ2v) is 7.40. The van der Waals surface area contributed by atoms with Gasteiger partial charge in [-0.3, -0.25) is 0 Å². The molecule has 1 aliphatic rings. The van der Waals surface area contributed by atoms with Gasteiger partial charge in [0.15, 0.2) is 0 Å². The lowest BCUT2D eigenvalue weighted by molar-refractivity contribution is 0.219. The lowest BCUT2D eigenvalue weighted by Crippen LogP contribution is -2.19. The fourth-order valence-corrected chi connectivity index (χ4v) is 3.64. The first-order valence-corrected chi connectivity index (χ1v) is 10.4. The molecule has 0 amide bonds. The summed E-state index contributed by atoms with van der Waals surface area (Å²) in [5.74, 6) is 1.03. The van der Waals surface area contributed by atoms with E-state index in [2.05, 4.69) is 56.3 Å². The lowest BCUT2D eigenvalue weighted by atomic mass is 9.97. The molecule has 0 fully saturated rings. The maximum atomic E-state index is 6.49. The van der Waals surface area contributed by atoms with Crippen LogP contribution in [0.2, 0.25) is 0 Å². The highest BCUT2D eigenvalue weighted by Crippen LogP contribution is 2.35. The summed E-state index contributed by atoms with van der Waals surface area (Å²) in [4.78, 5) is 2.25. The predicted octanol–water partition coefficient (Wildman–Crippen LogP) is 7.10. The van der Waals surface area contributed by atoms with Gasteiger partial charge in [0.05, 0.1) is 5.69 Å². The number of ether oxygens (including phenoxy) is 1. The molecule has 0 saturated carbocycles. The standard InChI is InChI=1S/C23H37NO/c1-4-6-8-10-12-17-22-20(15-11-9-7-5-2)19-24(3)21-16-13-14-18-23(21)25-22/h13-14,16,18-19,22H,4-12,15,17H2,1-3H3. The van der Waals surface area contributed by atoms with Gasteiger partial charge in [-0.2, -0.15) is 0 Å². The molecule has 1 unspecified atom stereocenters. The van der Waals surface area contributed by atoms with E-state index in [1.54, 1.807) is 0 Å². The minimum atomic E-state index is 0.245. The highest BCUT2D eigenvalue weighted by atomic mass is 16.5. The summed E-state index contributed by atoms with van der Waals surface area (Å²) >= 11 is 0. The first kappa shape index (κ1) is 19.9. The molecule has 1 aromatic carbocycles. The van der Waals surface area contributed by atoms with E-state index in [1.807, 2.05) is 0 Å². The summed E-state index contributed by atoms with van der Waals surface area (Å²) < 4.78 is 6.49. The van der Waals surface area contributed by atoms with Crippen molar-refractivity contribution in [3.63, 3.8) is 0 Å². The second kappa shape index (κ2) is 11.2. The molecule has 25 heavy (non-hydrogen) atoms. The molecule has 2 nitrogen and oxygen atoms in total. The maximum absolute atomic E-state index is 6.49. The molecule has 0 saturated heterocycles. The molecule has 0 spiro atoms. The molecule has 1 atom stereocenters. The van der Waals surface area contributed by atoms with Crippen LogP contribution in [0.5, 0.6) is 5.75 Å². The first-order valence-electron chi connectivity index (χ1n) is 10.4. The molecule has 2 rings (SSSR count). The molecular formula is C23H37NO. The normalized spacial score (nSPS) is 16.8. The van der Waals surface area contributed by atoms with E-state index < -0.39 is 0 Å². The monoisotopic (exact) mass is 343 g/mol. The molecule has 0 radical (unpaired) electrons. The fourth-order valence-electron chi connectivity index (χ4n) is 3.64. The van der Waals surface area contributed by atoms with Crippen molar-refractivity contribution < 1.29 is 4.74 Å². The summed E-state index contributed by atoms with van der Waals surface area (Å²) in [5, 5.41) is 0. The molecule has 0 N–H and O–H groups in total. The van der Waals surface area contributed by atoms with Crippen molar-refractivity contribution in [1.82, 2.24) is 0 Å². The van der Waals surface area contributed by atoms with Gasteiger partial charge in [-0.15, -0.1) is 0 Å². The number of anilines is 1. The zero-order chi connectivity index (χ0) is 17.9. The van der Waals surface area contributed by atoms with Crippen LogP contribution in [0.4, 0.5) is 5.69 Å². The van der Waals surface area contributed by atoms with Crippen molar-refractivity contribution in [2.24, 2.45) is 0 Å². The number of hydrogen-bond acceptors (Lipinski definition) is 2. The van der Waals surface area contributed by atoms with Crippen LogP contribution in [0.25, 0.3) is 0 Å². The minimum Gasteiger partial charge on any atom is -0.484 e. The average Bonchev–Trinajstić information content (AvgIpc) is 2.76. The number of nitrogens with zero attached hydrogens (tertiary/aromatic N) is 1. The van der Waals surface area contributed by atoms with Gasteiger partial charge in [-0.1, -0.05) is 70.9 Å². The average molecular weight is 344 g/mol. The fraction of sp³-hybridized carbons (Fsp3) is 0.652. The van der Waals surface area contributed by atoms with E-state index in [0.29, 0.717) is 0 Å². The van der Waals surface area contributed by atoms with E-state index in [4.69, 9.17) is 4.74 Å². The SMILES string of the molecule is CCCCCCCC1Oc2ccccc2N(C)C=C1CCCCCC. The van der Waals surface area contributed by atoms with E-state index in [9.17, 15) is 0 Å². The van der Waals surface area contributed by atoms with Crippen molar-refractivity contribution in [3.8, 4) is 5.75 Å². The third-order valence-electron chi connectivity index (χ3n) is 5.18. The van der Waals surface area contributed by atoms with Crippen LogP contribution in [-0.4, -0.2) is 13.2 Å². The zero-order valence-electron chi connectivity index (χ0n) is 16.6. The number of para-hydroxylation sites is 2. The van der Waals surface area contributed by atoms with Gasteiger partial charge in [-0.25, -0.2) is 0 Å². The van der Waals surface area contributed by atoms with E-state index >= 15 is 0 Å². The highest BCUT2D eigenvalue weighted by Gasteiger charge is 2.22. The summed E-state index contributed by atoms with van der Waals surface area (Å²) in [6.45, 7) is 4.55. The van der Waals surface area contributed by atoms with Crippen LogP contribution < -0.4 is 9.64 Å². The van der Waals surface area contributed by atoms with Crippen LogP contribution in [0.3, 0.4) is 0 Å². The predicted molar refractivity (Wildman–Crippen MR) is 109 cm³/mol. The Morgan fingerprint density at radius 1 is 0.880 bits per heavy atom. The van der Waals surface area contributed by atoms with E-state index in [1.165, 1.54) is 69.0 Å². The van der Waals surface area contributed by atoms with Crippen molar-refractivity contribution in [2.45, 2.75) is 90.6 Å². The third kappa shape index (κ3) is 6.41. The Balaban J connectivity index is 2.02. The van der Waals surface area contributed by atoms with Crippen LogP contribution >= 0.6 is 0 Å². The summed E-state index contributed by atoms with van der Waals surface area (Å²) in [6, 6.07) is 8.45. The highest BCUT2D eigenvalue weighted by molar-refractivity contribution is 5.61. The lowest BCUT2D eigenvalue weighted by Gasteiger charge is -2.21. The molecule has 140 valence electrons. The van der Waals surface area contributed by atoms with Crippen molar-refractivity contribution in [2.75, 3.05) is 11.9 Å². The third-order valence-corrected chi connectivity index (χ3v) is 5.18. The zero-order valence-corrected chi connectivity index (χ0v) is 16.6. The van der Waals surface area contributed by atoms with Crippen LogP contribution in [0.15, 0.2) is 36.0 Å². The summed E-state index contributed by atoms with van der Waals surface area (Å²) in [5.41, 5.74) is 2.66. The number of benzene rings is 1. The Labute approximate surface area is 155 Å². The van der Waals surface area contributed by atoms with E-state index in [0.717, 1.165) is 18.6 Å². The topological polar surface area (TPSA) is 12.5 Å². The molecule has 0 bridgehead atoms. The number of fused-ring (bicyclic) bond motifs is 1. The van der Waals surface area contributed by atoms with Gasteiger partial charge < -0.3 is 9.64 Å². The molecule has 2 heteroatoms. The smallest absolute Gasteiger partial charge is 0.143 e. The van der Waals surface area contributed by atoms with Gasteiger partial charge in [0, 0.05) is 13.2 Å². The Hall–Kier alpha value is -1.44. The molecular weight excluding hydrogens is 306 g/mol. The van der Waals surface area contributed by atoms with Gasteiger partial charge >= 0.3 is 0 Å². The molecule has 1 aliphatic heterocycles. The quantitative estimate of drug-likeness (QED) is 0.397. The number of hydrogen-bond donors (Lipinski definition) is 0. The van der Waals surface area contributed by atoms with E-state index in [-0.39, 0.29) is 6.10 Å². The number of rotatable bonds is 11. The second-order valence-electron chi connectivity index (χ2n) is 7.40. The van der Waals surface area contributed by atoms with Crippen molar-refractivity contribution in [3.05, 3.63) is 36.0 Å². The van der Waals surface area contributed by atoms with Gasteiger partial charge in [0.2, 0.25) is 0 Å². The summed E-state index contributed by atoms with van der Waals surface area (Å²) in [6.07, 6.45) is 16.7. The van der Waals surface area contributed by atoms with Gasteiger partial charge in [0.1, 0.15) is 11.9 Å². The Kier molecular flexibility index (Phi) is 8.93. The van der Waals surface area contributed by atoms with Crippen LogP contribution in [0.1, 0.15) is 84.5 Å².